The molecule has 0 amide bonds. The van der Waals surface area contributed by atoms with Crippen LogP contribution in [0.25, 0.3) is 6.08 Å². The molecule has 1 aromatic rings. The Labute approximate surface area is 112 Å². The van der Waals surface area contributed by atoms with Crippen molar-refractivity contribution in [2.45, 2.75) is 39.3 Å². The number of aliphatic hydroxyl groups is 1. The van der Waals surface area contributed by atoms with Crippen molar-refractivity contribution in [3.05, 3.63) is 35.4 Å². The van der Waals surface area contributed by atoms with Crippen LogP contribution in [0.3, 0.4) is 0 Å². The van der Waals surface area contributed by atoms with Gasteiger partial charge in [-0.2, -0.15) is 0 Å². The summed E-state index contributed by atoms with van der Waals surface area (Å²) in [7, 11) is -0.791. The third-order valence-corrected chi connectivity index (χ3v) is 3.22. The van der Waals surface area contributed by atoms with E-state index in [1.54, 1.807) is 6.08 Å². The summed E-state index contributed by atoms with van der Waals surface area (Å²) in [4.78, 5) is 0. The second kappa shape index (κ2) is 6.21. The van der Waals surface area contributed by atoms with E-state index in [4.69, 9.17) is 9.53 Å². The summed E-state index contributed by atoms with van der Waals surface area (Å²) in [6, 6.07) is 6.31. The highest BCUT2D eigenvalue weighted by Gasteiger charge is 2.16. The summed E-state index contributed by atoms with van der Waals surface area (Å²) in [6.07, 6.45) is 3.64. The molecular formula is C15H23O2Si. The van der Waals surface area contributed by atoms with E-state index in [0.717, 1.165) is 11.3 Å². The van der Waals surface area contributed by atoms with Gasteiger partial charge in [0.05, 0.1) is 6.61 Å². The SMILES string of the molecule is C[Si](C)Oc1cc(C(C)(C)C)ccc1/C=C/CO. The topological polar surface area (TPSA) is 29.5 Å². The van der Waals surface area contributed by atoms with Crippen LogP contribution in [-0.2, 0) is 5.41 Å². The van der Waals surface area contributed by atoms with Crippen molar-refractivity contribution in [2.24, 2.45) is 0 Å². The van der Waals surface area contributed by atoms with E-state index in [1.807, 2.05) is 6.08 Å². The quantitative estimate of drug-likeness (QED) is 0.841. The van der Waals surface area contributed by atoms with E-state index >= 15 is 0 Å². The normalized spacial score (nSPS) is 12.4. The van der Waals surface area contributed by atoms with Crippen molar-refractivity contribution in [3.63, 3.8) is 0 Å². The van der Waals surface area contributed by atoms with Gasteiger partial charge in [-0.25, -0.2) is 0 Å². The molecule has 1 N–H and O–H groups in total. The minimum atomic E-state index is -0.791. The molecule has 0 saturated carbocycles. The lowest BCUT2D eigenvalue weighted by atomic mass is 9.86. The summed E-state index contributed by atoms with van der Waals surface area (Å²) in [5.74, 6) is 0.922. The predicted molar refractivity (Wildman–Crippen MR) is 79.4 cm³/mol. The lowest BCUT2D eigenvalue weighted by Crippen LogP contribution is -2.15. The monoisotopic (exact) mass is 263 g/mol. The van der Waals surface area contributed by atoms with E-state index < -0.39 is 9.04 Å². The Bertz CT molecular complexity index is 417. The zero-order valence-electron chi connectivity index (χ0n) is 11.9. The summed E-state index contributed by atoms with van der Waals surface area (Å²) >= 11 is 0. The third-order valence-electron chi connectivity index (χ3n) is 2.60. The van der Waals surface area contributed by atoms with E-state index in [0.29, 0.717) is 0 Å². The molecule has 0 aromatic heterocycles. The molecule has 18 heavy (non-hydrogen) atoms. The van der Waals surface area contributed by atoms with Crippen molar-refractivity contribution in [1.82, 2.24) is 0 Å². The number of hydrogen-bond donors (Lipinski definition) is 1. The van der Waals surface area contributed by atoms with E-state index in [1.165, 1.54) is 5.56 Å². The zero-order valence-corrected chi connectivity index (χ0v) is 12.9. The molecule has 0 atom stereocenters. The second-order valence-corrected chi connectivity index (χ2v) is 7.62. The molecule has 1 aromatic carbocycles. The summed E-state index contributed by atoms with van der Waals surface area (Å²) in [6.45, 7) is 10.9. The maximum Gasteiger partial charge on any atom is 0.274 e. The Hall–Kier alpha value is -1.06. The van der Waals surface area contributed by atoms with E-state index in [2.05, 4.69) is 52.1 Å². The Morgan fingerprint density at radius 1 is 1.28 bits per heavy atom. The average molecular weight is 263 g/mol. The van der Waals surface area contributed by atoms with Crippen molar-refractivity contribution in [3.8, 4) is 5.75 Å². The minimum Gasteiger partial charge on any atom is -0.542 e. The maximum atomic E-state index is 8.86. The van der Waals surface area contributed by atoms with E-state index in [9.17, 15) is 0 Å². The average Bonchev–Trinajstić information content (AvgIpc) is 2.25. The summed E-state index contributed by atoms with van der Waals surface area (Å²) in [5, 5.41) is 8.86. The Balaban J connectivity index is 3.16. The van der Waals surface area contributed by atoms with Crippen molar-refractivity contribution < 1.29 is 9.53 Å². The van der Waals surface area contributed by atoms with Gasteiger partial charge in [0, 0.05) is 5.56 Å². The number of aliphatic hydroxyl groups excluding tert-OH is 1. The van der Waals surface area contributed by atoms with Gasteiger partial charge < -0.3 is 9.53 Å². The maximum absolute atomic E-state index is 8.86. The van der Waals surface area contributed by atoms with Crippen LogP contribution in [0, 0.1) is 0 Å². The number of hydrogen-bond acceptors (Lipinski definition) is 2. The first-order chi connectivity index (χ1) is 8.34. The molecule has 0 heterocycles. The minimum absolute atomic E-state index is 0.0521. The van der Waals surface area contributed by atoms with Crippen LogP contribution in [0.5, 0.6) is 5.75 Å². The molecular weight excluding hydrogens is 240 g/mol. The molecule has 0 aliphatic heterocycles. The van der Waals surface area contributed by atoms with Gasteiger partial charge in [-0.15, -0.1) is 0 Å². The van der Waals surface area contributed by atoms with Crippen LogP contribution >= 0.6 is 0 Å². The highest BCUT2D eigenvalue weighted by atomic mass is 28.3. The van der Waals surface area contributed by atoms with Gasteiger partial charge in [0.25, 0.3) is 9.04 Å². The number of rotatable bonds is 4. The lowest BCUT2D eigenvalue weighted by Gasteiger charge is -2.21. The standard InChI is InChI=1S/C15H23O2Si/c1-15(2,3)13-9-8-12(7-6-10-16)14(11-13)17-18(4)5/h6-9,11,16H,10H2,1-5H3/b7-6+. The third kappa shape index (κ3) is 4.31. The van der Waals surface area contributed by atoms with Crippen LogP contribution in [0.4, 0.5) is 0 Å². The molecule has 0 aliphatic carbocycles. The van der Waals surface area contributed by atoms with Crippen LogP contribution < -0.4 is 4.43 Å². The van der Waals surface area contributed by atoms with Gasteiger partial charge in [0.15, 0.2) is 0 Å². The Morgan fingerprint density at radius 3 is 2.44 bits per heavy atom. The van der Waals surface area contributed by atoms with Crippen molar-refractivity contribution in [2.75, 3.05) is 6.61 Å². The molecule has 0 unspecified atom stereocenters. The lowest BCUT2D eigenvalue weighted by molar-refractivity contribution is 0.343. The molecule has 0 bridgehead atoms. The van der Waals surface area contributed by atoms with Gasteiger partial charge in [0.2, 0.25) is 0 Å². The molecule has 2 nitrogen and oxygen atoms in total. The summed E-state index contributed by atoms with van der Waals surface area (Å²) in [5.41, 5.74) is 2.41. The highest BCUT2D eigenvalue weighted by molar-refractivity contribution is 6.49. The summed E-state index contributed by atoms with van der Waals surface area (Å²) < 4.78 is 5.95. The van der Waals surface area contributed by atoms with Gasteiger partial charge >= 0.3 is 0 Å². The molecule has 0 saturated heterocycles. The molecule has 0 aliphatic rings. The second-order valence-electron chi connectivity index (χ2n) is 5.60. The highest BCUT2D eigenvalue weighted by Crippen LogP contribution is 2.29. The van der Waals surface area contributed by atoms with Crippen LogP contribution in [0.1, 0.15) is 31.9 Å². The molecule has 3 heteroatoms. The van der Waals surface area contributed by atoms with Crippen LogP contribution in [-0.4, -0.2) is 20.8 Å². The predicted octanol–water partition coefficient (Wildman–Crippen LogP) is 3.62. The van der Waals surface area contributed by atoms with Crippen LogP contribution in [0.2, 0.25) is 13.1 Å². The largest absolute Gasteiger partial charge is 0.542 e. The first-order valence-corrected chi connectivity index (χ1v) is 8.65. The first-order valence-electron chi connectivity index (χ1n) is 6.24. The van der Waals surface area contributed by atoms with E-state index in [-0.39, 0.29) is 12.0 Å². The fourth-order valence-electron chi connectivity index (χ4n) is 1.63. The molecule has 99 valence electrons. The smallest absolute Gasteiger partial charge is 0.274 e. The molecule has 1 radical (unpaired) electrons. The van der Waals surface area contributed by atoms with Crippen molar-refractivity contribution >= 4 is 15.1 Å². The van der Waals surface area contributed by atoms with Crippen molar-refractivity contribution in [1.29, 1.82) is 0 Å². The number of benzene rings is 1. The van der Waals surface area contributed by atoms with Crippen LogP contribution in [0.15, 0.2) is 24.3 Å². The molecule has 0 fully saturated rings. The van der Waals surface area contributed by atoms with Gasteiger partial charge in [-0.1, -0.05) is 45.1 Å². The molecule has 0 spiro atoms. The van der Waals surface area contributed by atoms with Gasteiger partial charge in [-0.05, 0) is 30.1 Å². The zero-order chi connectivity index (χ0) is 13.8. The molecule has 1 rings (SSSR count). The first kappa shape index (κ1) is 15.0. The van der Waals surface area contributed by atoms with Gasteiger partial charge in [0.1, 0.15) is 5.75 Å². The van der Waals surface area contributed by atoms with Gasteiger partial charge in [-0.3, -0.25) is 0 Å². The fourth-order valence-corrected chi connectivity index (χ4v) is 2.24. The fraction of sp³-hybridized carbons (Fsp3) is 0.467. The Kier molecular flexibility index (Phi) is 5.17. The Morgan fingerprint density at radius 2 is 1.94 bits per heavy atom.